The van der Waals surface area contributed by atoms with E-state index in [0.717, 1.165) is 65.7 Å². The first kappa shape index (κ1) is 19.1. The van der Waals surface area contributed by atoms with E-state index in [1.807, 2.05) is 6.20 Å². The lowest BCUT2D eigenvalue weighted by Gasteiger charge is -2.38. The summed E-state index contributed by atoms with van der Waals surface area (Å²) in [6.45, 7) is 4.18. The fraction of sp³-hybridized carbons (Fsp3) is 0.409. The summed E-state index contributed by atoms with van der Waals surface area (Å²) < 4.78 is 5.77. The molecule has 2 aliphatic rings. The number of nitrogens with zero attached hydrogens (tertiary/aromatic N) is 2. The van der Waals surface area contributed by atoms with Crippen LogP contribution < -0.4 is 10.2 Å². The highest BCUT2D eigenvalue weighted by atomic mass is 35.5. The zero-order valence-corrected chi connectivity index (χ0v) is 18.1. The predicted octanol–water partition coefficient (Wildman–Crippen LogP) is 4.89. The van der Waals surface area contributed by atoms with Gasteiger partial charge in [0, 0.05) is 56.4 Å². The molecule has 0 radical (unpaired) electrons. The molecular formula is C22H25ClN4OS. The van der Waals surface area contributed by atoms with E-state index < -0.39 is 0 Å². The summed E-state index contributed by atoms with van der Waals surface area (Å²) in [6, 6.07) is 10.8. The molecule has 1 aliphatic heterocycles. The highest BCUT2D eigenvalue weighted by molar-refractivity contribution is 7.15. The third-order valence-electron chi connectivity index (χ3n) is 6.14. The van der Waals surface area contributed by atoms with Crippen LogP contribution in [0.1, 0.15) is 24.3 Å². The Bertz CT molecular complexity index is 981. The third-order valence-corrected chi connectivity index (χ3v) is 7.66. The van der Waals surface area contributed by atoms with Crippen LogP contribution in [0.2, 0.25) is 5.15 Å². The average molecular weight is 429 g/mol. The van der Waals surface area contributed by atoms with E-state index in [1.54, 1.807) is 18.4 Å². The quantitative estimate of drug-likeness (QED) is 0.607. The van der Waals surface area contributed by atoms with Crippen molar-refractivity contribution < 1.29 is 4.74 Å². The minimum absolute atomic E-state index is 0.186. The number of thiazole rings is 1. The molecule has 2 fully saturated rings. The zero-order chi connectivity index (χ0) is 19.8. The van der Waals surface area contributed by atoms with E-state index in [1.165, 1.54) is 12.1 Å². The van der Waals surface area contributed by atoms with Gasteiger partial charge in [0.15, 0.2) is 0 Å². The molecule has 2 N–H and O–H groups in total. The number of methoxy groups -OCH3 is 1. The Morgan fingerprint density at radius 1 is 1.17 bits per heavy atom. The van der Waals surface area contributed by atoms with Gasteiger partial charge in [-0.15, -0.1) is 11.3 Å². The standard InChI is InChI=1S/C22H25ClN4OS/c1-28-22(7-2-8-22)21-25-14-19(29-21)17-13-18(26-20(17)23)15-3-5-16(6-4-15)27-11-9-24-10-12-27/h3-6,13-14,24,26H,2,7-12H2,1H3. The Hall–Kier alpha value is -1.86. The number of hydrogen-bond acceptors (Lipinski definition) is 5. The summed E-state index contributed by atoms with van der Waals surface area (Å²) in [7, 11) is 1.78. The monoisotopic (exact) mass is 428 g/mol. The number of rotatable bonds is 5. The molecule has 3 aromatic rings. The van der Waals surface area contributed by atoms with Gasteiger partial charge in [-0.25, -0.2) is 4.98 Å². The Kier molecular flexibility index (Phi) is 5.12. The van der Waals surface area contributed by atoms with Crippen molar-refractivity contribution in [1.82, 2.24) is 15.3 Å². The van der Waals surface area contributed by atoms with Gasteiger partial charge in [-0.05, 0) is 43.0 Å². The van der Waals surface area contributed by atoms with Gasteiger partial charge in [0.1, 0.15) is 15.8 Å². The number of H-pyrrole nitrogens is 1. The molecule has 1 saturated carbocycles. The number of hydrogen-bond donors (Lipinski definition) is 2. The summed E-state index contributed by atoms with van der Waals surface area (Å²) in [5.41, 5.74) is 4.24. The van der Waals surface area contributed by atoms with Gasteiger partial charge in [-0.3, -0.25) is 0 Å². The number of piperazine rings is 1. The smallest absolute Gasteiger partial charge is 0.125 e. The number of ether oxygens (including phenoxy) is 1. The zero-order valence-electron chi connectivity index (χ0n) is 16.5. The maximum Gasteiger partial charge on any atom is 0.125 e. The molecule has 152 valence electrons. The highest BCUT2D eigenvalue weighted by Gasteiger charge is 2.41. The second-order valence-corrected chi connectivity index (χ2v) is 9.18. The largest absolute Gasteiger partial charge is 0.371 e. The molecule has 7 heteroatoms. The van der Waals surface area contributed by atoms with Crippen molar-refractivity contribution in [2.45, 2.75) is 24.9 Å². The fourth-order valence-corrected chi connectivity index (χ4v) is 5.63. The minimum Gasteiger partial charge on any atom is -0.371 e. The molecule has 3 heterocycles. The summed E-state index contributed by atoms with van der Waals surface area (Å²) in [4.78, 5) is 11.5. The van der Waals surface area contributed by atoms with Gasteiger partial charge in [0.05, 0.1) is 4.88 Å². The van der Waals surface area contributed by atoms with Crippen LogP contribution in [-0.4, -0.2) is 43.3 Å². The SMILES string of the molecule is COC1(c2ncc(-c3cc(-c4ccc(N5CCNCC5)cc4)[nH]c3Cl)s2)CCC1. The minimum atomic E-state index is -0.186. The van der Waals surface area contributed by atoms with Crippen molar-refractivity contribution in [2.75, 3.05) is 38.2 Å². The van der Waals surface area contributed by atoms with Crippen molar-refractivity contribution in [3.63, 3.8) is 0 Å². The van der Waals surface area contributed by atoms with Crippen LogP contribution in [-0.2, 0) is 10.3 Å². The van der Waals surface area contributed by atoms with Crippen LogP contribution in [0.15, 0.2) is 36.5 Å². The summed E-state index contributed by atoms with van der Waals surface area (Å²) in [6.07, 6.45) is 5.21. The lowest BCUT2D eigenvalue weighted by atomic mass is 9.80. The molecule has 1 aliphatic carbocycles. The van der Waals surface area contributed by atoms with Gasteiger partial charge in [-0.2, -0.15) is 0 Å². The third kappa shape index (κ3) is 3.48. The van der Waals surface area contributed by atoms with Gasteiger partial charge in [-0.1, -0.05) is 23.7 Å². The first-order chi connectivity index (χ1) is 14.2. The molecule has 0 atom stereocenters. The van der Waals surface area contributed by atoms with E-state index in [4.69, 9.17) is 16.3 Å². The lowest BCUT2D eigenvalue weighted by molar-refractivity contribution is -0.0779. The fourth-order valence-electron chi connectivity index (χ4n) is 4.15. The Morgan fingerprint density at radius 3 is 2.59 bits per heavy atom. The molecule has 5 nitrogen and oxygen atoms in total. The summed E-state index contributed by atoms with van der Waals surface area (Å²) in [5.74, 6) is 0. The Balaban J connectivity index is 1.38. The van der Waals surface area contributed by atoms with E-state index in [9.17, 15) is 0 Å². The van der Waals surface area contributed by atoms with E-state index >= 15 is 0 Å². The second kappa shape index (κ2) is 7.76. The molecule has 0 bridgehead atoms. The maximum absolute atomic E-state index is 6.56. The molecule has 0 amide bonds. The van der Waals surface area contributed by atoms with E-state index in [2.05, 4.69) is 50.5 Å². The second-order valence-electron chi connectivity index (χ2n) is 7.78. The van der Waals surface area contributed by atoms with Crippen LogP contribution in [0.3, 0.4) is 0 Å². The topological polar surface area (TPSA) is 53.2 Å². The van der Waals surface area contributed by atoms with Crippen molar-refractivity contribution in [2.24, 2.45) is 0 Å². The number of benzene rings is 1. The van der Waals surface area contributed by atoms with Gasteiger partial charge >= 0.3 is 0 Å². The molecule has 29 heavy (non-hydrogen) atoms. The number of aromatic amines is 1. The van der Waals surface area contributed by atoms with Crippen molar-refractivity contribution >= 4 is 28.6 Å². The van der Waals surface area contributed by atoms with Crippen LogP contribution in [0.25, 0.3) is 21.7 Å². The van der Waals surface area contributed by atoms with Crippen LogP contribution in [0, 0.1) is 0 Å². The van der Waals surface area contributed by atoms with Crippen molar-refractivity contribution in [3.05, 3.63) is 46.7 Å². The molecule has 1 aromatic carbocycles. The van der Waals surface area contributed by atoms with Crippen LogP contribution in [0.5, 0.6) is 0 Å². The van der Waals surface area contributed by atoms with Gasteiger partial charge in [0.25, 0.3) is 0 Å². The van der Waals surface area contributed by atoms with Crippen LogP contribution in [0.4, 0.5) is 5.69 Å². The van der Waals surface area contributed by atoms with Crippen molar-refractivity contribution in [1.29, 1.82) is 0 Å². The molecule has 1 saturated heterocycles. The number of aromatic nitrogens is 2. The molecule has 0 spiro atoms. The summed E-state index contributed by atoms with van der Waals surface area (Å²) >= 11 is 8.25. The van der Waals surface area contributed by atoms with Crippen LogP contribution >= 0.6 is 22.9 Å². The van der Waals surface area contributed by atoms with Gasteiger partial charge in [0.2, 0.25) is 0 Å². The first-order valence-electron chi connectivity index (χ1n) is 10.1. The number of nitrogens with one attached hydrogen (secondary N) is 2. The summed E-state index contributed by atoms with van der Waals surface area (Å²) in [5, 5.41) is 5.11. The first-order valence-corrected chi connectivity index (χ1v) is 11.3. The number of halogens is 1. The van der Waals surface area contributed by atoms with Crippen molar-refractivity contribution in [3.8, 4) is 21.7 Å². The normalized spacial score (nSPS) is 18.6. The Labute approximate surface area is 180 Å². The molecule has 2 aromatic heterocycles. The van der Waals surface area contributed by atoms with E-state index in [-0.39, 0.29) is 5.60 Å². The molecular weight excluding hydrogens is 404 g/mol. The predicted molar refractivity (Wildman–Crippen MR) is 120 cm³/mol. The molecule has 5 rings (SSSR count). The molecule has 0 unspecified atom stereocenters. The van der Waals surface area contributed by atoms with Gasteiger partial charge < -0.3 is 19.9 Å². The van der Waals surface area contributed by atoms with E-state index in [0.29, 0.717) is 5.15 Å². The lowest BCUT2D eigenvalue weighted by Crippen LogP contribution is -2.43. The highest BCUT2D eigenvalue weighted by Crippen LogP contribution is 2.47. The Morgan fingerprint density at radius 2 is 1.93 bits per heavy atom. The average Bonchev–Trinajstić information content (AvgIpc) is 3.36. The number of anilines is 1. The maximum atomic E-state index is 6.56.